The Morgan fingerprint density at radius 2 is 1.82 bits per heavy atom. The SMILES string of the molecule is CCCn1c(=O)[nH]c(=O)c2c(C(=O)NNC(=O)c3ccc4c(c3)OCCO4)cc(C3CC3)nc21. The summed E-state index contributed by atoms with van der Waals surface area (Å²) in [5.41, 5.74) is 4.58. The van der Waals surface area contributed by atoms with Crippen LogP contribution in [0, 0.1) is 0 Å². The highest BCUT2D eigenvalue weighted by atomic mass is 16.6. The second-order valence-electron chi connectivity index (χ2n) is 8.25. The third-order valence-electron chi connectivity index (χ3n) is 5.75. The van der Waals surface area contributed by atoms with Crippen LogP contribution in [0.4, 0.5) is 0 Å². The molecule has 5 rings (SSSR count). The van der Waals surface area contributed by atoms with Gasteiger partial charge in [0, 0.05) is 23.7 Å². The van der Waals surface area contributed by atoms with Crippen molar-refractivity contribution >= 4 is 22.8 Å². The summed E-state index contributed by atoms with van der Waals surface area (Å²) in [6.45, 7) is 3.05. The molecule has 0 bridgehead atoms. The van der Waals surface area contributed by atoms with Crippen molar-refractivity contribution in [3.63, 3.8) is 0 Å². The van der Waals surface area contributed by atoms with Crippen LogP contribution in [-0.4, -0.2) is 39.6 Å². The van der Waals surface area contributed by atoms with Crippen LogP contribution in [0.25, 0.3) is 11.0 Å². The number of hydrogen-bond donors (Lipinski definition) is 3. The Kier molecular flexibility index (Phi) is 5.52. The molecule has 0 atom stereocenters. The first kappa shape index (κ1) is 21.7. The molecular formula is C23H23N5O6. The van der Waals surface area contributed by atoms with Gasteiger partial charge < -0.3 is 9.47 Å². The molecule has 176 valence electrons. The quantitative estimate of drug-likeness (QED) is 0.481. The molecule has 0 saturated heterocycles. The largest absolute Gasteiger partial charge is 0.486 e. The summed E-state index contributed by atoms with van der Waals surface area (Å²) in [5, 5.41) is 0.00327. The van der Waals surface area contributed by atoms with Crippen LogP contribution in [-0.2, 0) is 6.54 Å². The molecular weight excluding hydrogens is 442 g/mol. The van der Waals surface area contributed by atoms with Crippen LogP contribution < -0.4 is 31.6 Å². The molecule has 1 saturated carbocycles. The molecule has 11 heteroatoms. The summed E-state index contributed by atoms with van der Waals surface area (Å²) in [5.74, 6) is -0.0945. The maximum atomic E-state index is 13.1. The Balaban J connectivity index is 1.46. The number of H-pyrrole nitrogens is 1. The summed E-state index contributed by atoms with van der Waals surface area (Å²) in [4.78, 5) is 57.6. The lowest BCUT2D eigenvalue weighted by molar-refractivity contribution is 0.0847. The number of nitrogens with zero attached hydrogens (tertiary/aromatic N) is 2. The molecule has 3 heterocycles. The number of ether oxygens (including phenoxy) is 2. The molecule has 1 aliphatic carbocycles. The van der Waals surface area contributed by atoms with Crippen LogP contribution >= 0.6 is 0 Å². The van der Waals surface area contributed by atoms with Crippen molar-refractivity contribution in [3.8, 4) is 11.5 Å². The van der Waals surface area contributed by atoms with Gasteiger partial charge in [-0.25, -0.2) is 9.78 Å². The van der Waals surface area contributed by atoms with Crippen LogP contribution in [0.15, 0.2) is 33.9 Å². The molecule has 34 heavy (non-hydrogen) atoms. The van der Waals surface area contributed by atoms with Gasteiger partial charge in [0.05, 0.1) is 10.9 Å². The van der Waals surface area contributed by atoms with E-state index in [-0.39, 0.29) is 28.1 Å². The van der Waals surface area contributed by atoms with Crippen molar-refractivity contribution in [1.82, 2.24) is 25.4 Å². The lowest BCUT2D eigenvalue weighted by Gasteiger charge is -2.18. The molecule has 2 amide bonds. The number of hydrogen-bond acceptors (Lipinski definition) is 7. The number of fused-ring (bicyclic) bond motifs is 2. The first-order chi connectivity index (χ1) is 16.5. The first-order valence-electron chi connectivity index (χ1n) is 11.1. The number of aryl methyl sites for hydroxylation is 1. The summed E-state index contributed by atoms with van der Waals surface area (Å²) >= 11 is 0. The van der Waals surface area contributed by atoms with E-state index < -0.39 is 23.1 Å². The summed E-state index contributed by atoms with van der Waals surface area (Å²) in [6.07, 6.45) is 2.48. The van der Waals surface area contributed by atoms with Gasteiger partial charge in [0.15, 0.2) is 17.1 Å². The minimum absolute atomic E-state index is 0.00327. The highest BCUT2D eigenvalue weighted by Gasteiger charge is 2.29. The van der Waals surface area contributed by atoms with Crippen molar-refractivity contribution in [2.45, 2.75) is 38.6 Å². The van der Waals surface area contributed by atoms with E-state index in [2.05, 4.69) is 20.8 Å². The molecule has 11 nitrogen and oxygen atoms in total. The van der Waals surface area contributed by atoms with Gasteiger partial charge in [0.1, 0.15) is 13.2 Å². The third kappa shape index (κ3) is 4.00. The van der Waals surface area contributed by atoms with Gasteiger partial charge in [0.25, 0.3) is 17.4 Å². The standard InChI is InChI=1S/C23H23N5O6/c1-2-7-28-19-18(22(31)25-23(28)32)14(11-15(24-19)12-3-4-12)21(30)27-26-20(29)13-5-6-16-17(10-13)34-9-8-33-16/h5-6,10-12H,2-4,7-9H2,1H3,(H,26,29)(H,27,30)(H,25,31,32). The molecule has 0 unspecified atom stereocenters. The van der Waals surface area contributed by atoms with Gasteiger partial charge >= 0.3 is 5.69 Å². The Labute approximate surface area is 193 Å². The number of carbonyl (C=O) groups is 2. The van der Waals surface area contributed by atoms with Crippen LogP contribution in [0.1, 0.15) is 58.5 Å². The second kappa shape index (κ2) is 8.65. The van der Waals surface area contributed by atoms with E-state index in [0.29, 0.717) is 43.4 Å². The van der Waals surface area contributed by atoms with Crippen molar-refractivity contribution in [3.05, 3.63) is 61.9 Å². The number of amides is 2. The number of rotatable bonds is 5. The molecule has 0 radical (unpaired) electrons. The van der Waals surface area contributed by atoms with E-state index in [9.17, 15) is 19.2 Å². The average Bonchev–Trinajstić information content (AvgIpc) is 3.69. The number of aromatic amines is 1. The number of pyridine rings is 1. The number of aromatic nitrogens is 3. The second-order valence-corrected chi connectivity index (χ2v) is 8.25. The Bertz CT molecular complexity index is 1420. The maximum Gasteiger partial charge on any atom is 0.329 e. The van der Waals surface area contributed by atoms with Gasteiger partial charge in [0.2, 0.25) is 0 Å². The van der Waals surface area contributed by atoms with Crippen LogP contribution in [0.2, 0.25) is 0 Å². The molecule has 2 aromatic heterocycles. The highest BCUT2D eigenvalue weighted by molar-refractivity contribution is 6.06. The number of hydrazine groups is 1. The van der Waals surface area contributed by atoms with Crippen molar-refractivity contribution in [1.29, 1.82) is 0 Å². The Hall–Kier alpha value is -4.15. The monoisotopic (exact) mass is 465 g/mol. The molecule has 0 spiro atoms. The molecule has 1 fully saturated rings. The van der Waals surface area contributed by atoms with Gasteiger partial charge in [-0.3, -0.25) is 34.8 Å². The lowest BCUT2D eigenvalue weighted by atomic mass is 10.1. The van der Waals surface area contributed by atoms with Crippen LogP contribution in [0.5, 0.6) is 11.5 Å². The normalized spacial score (nSPS) is 14.6. The highest BCUT2D eigenvalue weighted by Crippen LogP contribution is 2.40. The molecule has 1 aliphatic heterocycles. The Morgan fingerprint density at radius 3 is 2.56 bits per heavy atom. The summed E-state index contributed by atoms with van der Waals surface area (Å²) in [6, 6.07) is 6.25. The van der Waals surface area contributed by atoms with Gasteiger partial charge in [-0.1, -0.05) is 6.92 Å². The molecule has 1 aromatic carbocycles. The van der Waals surface area contributed by atoms with E-state index >= 15 is 0 Å². The van der Waals surface area contributed by atoms with E-state index in [4.69, 9.17) is 9.47 Å². The van der Waals surface area contributed by atoms with E-state index in [1.807, 2.05) is 6.92 Å². The smallest absolute Gasteiger partial charge is 0.329 e. The van der Waals surface area contributed by atoms with Gasteiger partial charge in [-0.15, -0.1) is 0 Å². The average molecular weight is 465 g/mol. The lowest BCUT2D eigenvalue weighted by Crippen LogP contribution is -2.42. The molecule has 3 N–H and O–H groups in total. The fraction of sp³-hybridized carbons (Fsp3) is 0.348. The van der Waals surface area contributed by atoms with E-state index in [1.165, 1.54) is 10.6 Å². The Morgan fingerprint density at radius 1 is 1.09 bits per heavy atom. The van der Waals surface area contributed by atoms with E-state index in [0.717, 1.165) is 12.8 Å². The number of benzene rings is 1. The summed E-state index contributed by atoms with van der Waals surface area (Å²) in [7, 11) is 0. The molecule has 3 aromatic rings. The van der Waals surface area contributed by atoms with Crippen molar-refractivity contribution < 1.29 is 19.1 Å². The predicted molar refractivity (Wildman–Crippen MR) is 121 cm³/mol. The van der Waals surface area contributed by atoms with Crippen LogP contribution in [0.3, 0.4) is 0 Å². The minimum atomic E-state index is -0.703. The predicted octanol–water partition coefficient (Wildman–Crippen LogP) is 1.22. The van der Waals surface area contributed by atoms with Gasteiger partial charge in [-0.2, -0.15) is 0 Å². The minimum Gasteiger partial charge on any atom is -0.486 e. The molecule has 2 aliphatic rings. The number of nitrogens with one attached hydrogen (secondary N) is 3. The fourth-order valence-electron chi connectivity index (χ4n) is 3.93. The zero-order chi connectivity index (χ0) is 23.8. The number of carbonyl (C=O) groups excluding carboxylic acids is 2. The van der Waals surface area contributed by atoms with Crippen molar-refractivity contribution in [2.24, 2.45) is 0 Å². The zero-order valence-corrected chi connectivity index (χ0v) is 18.5. The third-order valence-corrected chi connectivity index (χ3v) is 5.75. The van der Waals surface area contributed by atoms with E-state index in [1.54, 1.807) is 18.2 Å². The van der Waals surface area contributed by atoms with Gasteiger partial charge in [-0.05, 0) is 43.5 Å². The fourth-order valence-corrected chi connectivity index (χ4v) is 3.93. The maximum absolute atomic E-state index is 13.1. The van der Waals surface area contributed by atoms with Crippen molar-refractivity contribution in [2.75, 3.05) is 13.2 Å². The zero-order valence-electron chi connectivity index (χ0n) is 18.5. The summed E-state index contributed by atoms with van der Waals surface area (Å²) < 4.78 is 12.3. The topological polar surface area (TPSA) is 144 Å². The first-order valence-corrected chi connectivity index (χ1v) is 11.1.